The Labute approximate surface area is 206 Å². The van der Waals surface area contributed by atoms with Gasteiger partial charge in [0.15, 0.2) is 15.4 Å². The average Bonchev–Trinajstić information content (AvgIpc) is 3.11. The molecule has 0 radical (unpaired) electrons. The maximum Gasteiger partial charge on any atom is 0.231 e. The first-order chi connectivity index (χ1) is 16.0. The number of ether oxygens (including phenoxy) is 1. The van der Waals surface area contributed by atoms with Crippen LogP contribution < -0.4 is 16.2 Å². The minimum atomic E-state index is -3.65. The largest absolute Gasteiger partial charge is 0.489 e. The summed E-state index contributed by atoms with van der Waals surface area (Å²) in [5, 5.41) is 10.9. The van der Waals surface area contributed by atoms with E-state index >= 15 is 0 Å². The fraction of sp³-hybridized carbons (Fsp3) is 0.391. The number of halogens is 3. The molecule has 3 rings (SSSR count). The van der Waals surface area contributed by atoms with Crippen LogP contribution in [-0.4, -0.2) is 48.6 Å². The molecule has 0 fully saturated rings. The molecular formula is C23H24ClF2N3O5S. The first-order valence-corrected chi connectivity index (χ1v) is 12.5. The summed E-state index contributed by atoms with van der Waals surface area (Å²) in [6, 6.07) is 2.85. The summed E-state index contributed by atoms with van der Waals surface area (Å²) in [5.41, 5.74) is 7.28. The van der Waals surface area contributed by atoms with Crippen molar-refractivity contribution in [3.63, 3.8) is 0 Å². The lowest BCUT2D eigenvalue weighted by atomic mass is 9.82. The average molecular weight is 528 g/mol. The second kappa shape index (κ2) is 8.71. The van der Waals surface area contributed by atoms with Crippen LogP contribution in [0, 0.1) is 23.5 Å². The topological polar surface area (TPSA) is 146 Å². The highest BCUT2D eigenvalue weighted by Crippen LogP contribution is 2.46. The fourth-order valence-corrected chi connectivity index (χ4v) is 3.65. The zero-order valence-corrected chi connectivity index (χ0v) is 20.9. The summed E-state index contributed by atoms with van der Waals surface area (Å²) in [6.45, 7) is 3.44. The molecule has 0 spiro atoms. The van der Waals surface area contributed by atoms with Gasteiger partial charge in [-0.2, -0.15) is 0 Å². The minimum Gasteiger partial charge on any atom is -0.489 e. The van der Waals surface area contributed by atoms with Crippen LogP contribution in [0.25, 0.3) is 11.3 Å². The van der Waals surface area contributed by atoms with E-state index in [1.54, 1.807) is 0 Å². The Balaban J connectivity index is 2.36. The zero-order valence-electron chi connectivity index (χ0n) is 19.4. The van der Waals surface area contributed by atoms with Gasteiger partial charge in [0, 0.05) is 30.0 Å². The number of primary amides is 1. The number of carbonyl (C=O) groups excluding carboxylic acids is 1. The van der Waals surface area contributed by atoms with Gasteiger partial charge < -0.3 is 21.3 Å². The van der Waals surface area contributed by atoms with Crippen molar-refractivity contribution in [2.75, 3.05) is 19.4 Å². The number of amides is 1. The Kier molecular flexibility index (Phi) is 6.67. The van der Waals surface area contributed by atoms with Crippen LogP contribution in [-0.2, 0) is 25.6 Å². The van der Waals surface area contributed by atoms with E-state index in [-0.39, 0.29) is 34.9 Å². The summed E-state index contributed by atoms with van der Waals surface area (Å²) in [7, 11) is -3.65. The molecular weight excluding hydrogens is 504 g/mol. The molecule has 2 atom stereocenters. The summed E-state index contributed by atoms with van der Waals surface area (Å²) in [5.74, 6) is 2.17. The Morgan fingerprint density at radius 1 is 1.29 bits per heavy atom. The zero-order chi connectivity index (χ0) is 26.6. The number of nitrogens with zero attached hydrogens (tertiary/aromatic N) is 1. The van der Waals surface area contributed by atoms with Gasteiger partial charge in [-0.1, -0.05) is 23.4 Å². The summed E-state index contributed by atoms with van der Waals surface area (Å²) >= 11 is 5.86. The van der Waals surface area contributed by atoms with E-state index in [0.717, 1.165) is 12.3 Å². The highest BCUT2D eigenvalue weighted by atomic mass is 35.5. The van der Waals surface area contributed by atoms with Gasteiger partial charge in [-0.3, -0.25) is 4.79 Å². The van der Waals surface area contributed by atoms with Crippen molar-refractivity contribution in [3.05, 3.63) is 46.1 Å². The third-order valence-electron chi connectivity index (χ3n) is 6.10. The van der Waals surface area contributed by atoms with Crippen LogP contribution >= 0.6 is 11.6 Å². The highest BCUT2D eigenvalue weighted by Gasteiger charge is 2.45. The Morgan fingerprint density at radius 2 is 1.91 bits per heavy atom. The van der Waals surface area contributed by atoms with Crippen molar-refractivity contribution in [1.29, 1.82) is 0 Å². The molecule has 0 unspecified atom stereocenters. The quantitative estimate of drug-likeness (QED) is 0.397. The van der Waals surface area contributed by atoms with Gasteiger partial charge in [0.2, 0.25) is 5.91 Å². The second-order valence-electron chi connectivity index (χ2n) is 9.06. The smallest absolute Gasteiger partial charge is 0.231 e. The molecule has 0 bridgehead atoms. The molecule has 2 aromatic rings. The number of fused-ring (bicyclic) bond motifs is 1. The lowest BCUT2D eigenvalue weighted by Gasteiger charge is -2.25. The Morgan fingerprint density at radius 3 is 2.46 bits per heavy atom. The normalized spacial score (nSPS) is 19.2. The number of hydrogen-bond donors (Lipinski definition) is 3. The molecule has 1 amide bonds. The lowest BCUT2D eigenvalue weighted by molar-refractivity contribution is -0.123. The third-order valence-corrected chi connectivity index (χ3v) is 8.34. The monoisotopic (exact) mass is 527 g/mol. The first kappa shape index (κ1) is 26.8. The van der Waals surface area contributed by atoms with Crippen LogP contribution in [0.5, 0.6) is 5.75 Å². The van der Waals surface area contributed by atoms with E-state index in [4.69, 9.17) is 27.8 Å². The number of pyridine rings is 1. The second-order valence-corrected chi connectivity index (χ2v) is 12.0. The lowest BCUT2D eigenvalue weighted by Crippen LogP contribution is -2.40. The van der Waals surface area contributed by atoms with Gasteiger partial charge in [0.25, 0.3) is 0 Å². The number of sulfone groups is 1. The summed E-state index contributed by atoms with van der Waals surface area (Å²) in [6.07, 6.45) is 0.992. The van der Waals surface area contributed by atoms with E-state index in [2.05, 4.69) is 16.8 Å². The molecule has 12 heteroatoms. The van der Waals surface area contributed by atoms with Crippen molar-refractivity contribution in [3.8, 4) is 28.8 Å². The fourth-order valence-electron chi connectivity index (χ4n) is 3.25. The molecule has 0 saturated heterocycles. The third kappa shape index (κ3) is 4.59. The molecule has 1 aliphatic heterocycles. The SMILES string of the molecule is CC(C)(C#C[C@](O)(CN)c1cc2c(c(-c3cc(Cl)c(F)cc3F)n1)OC[C@]2(C)C(N)=O)S(C)(=O)=O. The molecule has 1 aliphatic rings. The van der Waals surface area contributed by atoms with Gasteiger partial charge >= 0.3 is 0 Å². The molecule has 0 saturated carbocycles. The number of aromatic nitrogens is 1. The maximum atomic E-state index is 14.8. The van der Waals surface area contributed by atoms with E-state index < -0.39 is 54.7 Å². The molecule has 1 aromatic heterocycles. The van der Waals surface area contributed by atoms with Crippen LogP contribution in [0.2, 0.25) is 5.02 Å². The molecule has 5 N–H and O–H groups in total. The standard InChI is InChI=1S/C23H24ClF2N3O5S/c1-21(2,35(4,32)33)5-6-23(31,10-27)17-8-13-19(34-11-22(13,3)20(28)30)18(29-17)12-7-14(24)16(26)9-15(12)25/h7-9,31H,10-11,27H2,1-4H3,(H2,28,30)/t22-,23-/m0/s1. The Bertz CT molecular complexity index is 1400. The maximum absolute atomic E-state index is 14.8. The number of rotatable bonds is 5. The molecule has 35 heavy (non-hydrogen) atoms. The van der Waals surface area contributed by atoms with Gasteiger partial charge in [0.1, 0.15) is 39.8 Å². The van der Waals surface area contributed by atoms with E-state index in [1.807, 2.05) is 0 Å². The van der Waals surface area contributed by atoms with Crippen molar-refractivity contribution >= 4 is 27.3 Å². The summed E-state index contributed by atoms with van der Waals surface area (Å²) < 4.78 is 56.8. The van der Waals surface area contributed by atoms with Crippen LogP contribution in [0.15, 0.2) is 18.2 Å². The van der Waals surface area contributed by atoms with Gasteiger partial charge in [-0.05, 0) is 32.9 Å². The predicted octanol–water partition coefficient (Wildman–Crippen LogP) is 1.79. The van der Waals surface area contributed by atoms with E-state index in [9.17, 15) is 27.1 Å². The van der Waals surface area contributed by atoms with Crippen molar-refractivity contribution in [2.45, 2.75) is 36.5 Å². The predicted molar refractivity (Wildman–Crippen MR) is 126 cm³/mol. The summed E-state index contributed by atoms with van der Waals surface area (Å²) in [4.78, 5) is 16.6. The van der Waals surface area contributed by atoms with Gasteiger partial charge in [-0.25, -0.2) is 22.2 Å². The van der Waals surface area contributed by atoms with E-state index in [1.165, 1.54) is 26.8 Å². The van der Waals surface area contributed by atoms with Crippen molar-refractivity contribution in [2.24, 2.45) is 11.5 Å². The highest BCUT2D eigenvalue weighted by molar-refractivity contribution is 7.92. The molecule has 0 aliphatic carbocycles. The van der Waals surface area contributed by atoms with Crippen molar-refractivity contribution in [1.82, 2.24) is 4.98 Å². The number of hydrogen-bond acceptors (Lipinski definition) is 7. The van der Waals surface area contributed by atoms with Gasteiger partial charge in [0.05, 0.1) is 10.7 Å². The molecule has 2 heterocycles. The number of carbonyl (C=O) groups is 1. The van der Waals surface area contributed by atoms with Crippen LogP contribution in [0.4, 0.5) is 8.78 Å². The van der Waals surface area contributed by atoms with E-state index in [0.29, 0.717) is 6.07 Å². The molecule has 188 valence electrons. The number of aliphatic hydroxyl groups is 1. The molecule has 1 aromatic carbocycles. The minimum absolute atomic E-state index is 0.0135. The number of nitrogens with two attached hydrogens (primary N) is 2. The number of benzene rings is 1. The van der Waals surface area contributed by atoms with Gasteiger partial charge in [-0.15, -0.1) is 0 Å². The Hall–Kier alpha value is -2.78. The van der Waals surface area contributed by atoms with Crippen LogP contribution in [0.3, 0.4) is 0 Å². The molecule has 8 nitrogen and oxygen atoms in total. The first-order valence-electron chi connectivity index (χ1n) is 10.3. The van der Waals surface area contributed by atoms with Crippen LogP contribution in [0.1, 0.15) is 32.0 Å². The van der Waals surface area contributed by atoms with Crippen molar-refractivity contribution < 1.29 is 31.8 Å².